The monoisotopic (exact) mass is 568 g/mol. The lowest BCUT2D eigenvalue weighted by Gasteiger charge is -2.04. The summed E-state index contributed by atoms with van der Waals surface area (Å²) >= 11 is 0. The summed E-state index contributed by atoms with van der Waals surface area (Å²) in [5, 5.41) is 50.8. The van der Waals surface area contributed by atoms with Crippen LogP contribution in [0, 0.1) is 20.2 Å². The van der Waals surface area contributed by atoms with E-state index in [4.69, 9.17) is 4.42 Å². The molecule has 0 spiro atoms. The molecule has 0 unspecified atom stereocenters. The van der Waals surface area contributed by atoms with Gasteiger partial charge in [-0.2, -0.15) is 0 Å². The van der Waals surface area contributed by atoms with Gasteiger partial charge in [0.15, 0.2) is 11.2 Å². The Bertz CT molecular complexity index is 1930. The van der Waals surface area contributed by atoms with Crippen LogP contribution in [0.4, 0.5) is 11.4 Å². The summed E-state index contributed by atoms with van der Waals surface area (Å²) in [5.74, 6) is -0.911. The van der Waals surface area contributed by atoms with Gasteiger partial charge in [0, 0.05) is 18.2 Å². The van der Waals surface area contributed by atoms with E-state index in [2.05, 4.69) is 0 Å². The Hall–Kier alpha value is -6.30. The molecular weight excluding hydrogens is 548 g/mol. The van der Waals surface area contributed by atoms with Crippen molar-refractivity contribution in [1.82, 2.24) is 0 Å². The van der Waals surface area contributed by atoms with Gasteiger partial charge >= 0.3 is 0 Å². The van der Waals surface area contributed by atoms with Crippen molar-refractivity contribution in [2.75, 3.05) is 0 Å². The molecule has 4 aromatic carbocycles. The third-order valence-corrected chi connectivity index (χ3v) is 5.87. The molecule has 0 saturated carbocycles. The lowest BCUT2D eigenvalue weighted by atomic mass is 10.1. The minimum Gasteiger partial charge on any atom is -0.508 e. The van der Waals surface area contributed by atoms with Gasteiger partial charge in [0.05, 0.1) is 31.9 Å². The third-order valence-electron chi connectivity index (χ3n) is 5.87. The summed E-state index contributed by atoms with van der Waals surface area (Å²) in [4.78, 5) is 44.7. The number of fused-ring (bicyclic) bond motifs is 1. The van der Waals surface area contributed by atoms with Crippen LogP contribution in [-0.4, -0.2) is 30.9 Å². The van der Waals surface area contributed by atoms with E-state index in [9.17, 15) is 45.1 Å². The number of rotatable bonds is 6. The Labute approximate surface area is 236 Å². The zero-order valence-corrected chi connectivity index (χ0v) is 21.4. The Morgan fingerprint density at radius 1 is 0.762 bits per heavy atom. The maximum absolute atomic E-state index is 12.0. The molecular formula is C30H20N2O10. The van der Waals surface area contributed by atoms with Gasteiger partial charge in [-0.05, 0) is 60.7 Å². The number of aromatic hydroxyl groups is 3. The molecule has 12 nitrogen and oxygen atoms in total. The molecule has 0 saturated heterocycles. The zero-order valence-electron chi connectivity index (χ0n) is 21.4. The molecule has 0 atom stereocenters. The Kier molecular flexibility index (Phi) is 8.38. The highest BCUT2D eigenvalue weighted by Gasteiger charge is 2.19. The van der Waals surface area contributed by atoms with Crippen LogP contribution in [-0.2, 0) is 0 Å². The molecule has 42 heavy (non-hydrogen) atoms. The number of carbonyl (C=O) groups is 1. The second-order valence-electron chi connectivity index (χ2n) is 8.64. The number of para-hydroxylation sites is 2. The lowest BCUT2D eigenvalue weighted by Crippen LogP contribution is -2.01. The molecule has 0 bridgehead atoms. The highest BCUT2D eigenvalue weighted by atomic mass is 16.6. The van der Waals surface area contributed by atoms with E-state index >= 15 is 0 Å². The molecule has 0 aliphatic rings. The van der Waals surface area contributed by atoms with Gasteiger partial charge in [0.1, 0.15) is 28.6 Å². The number of benzene rings is 4. The Balaban J connectivity index is 0.000000193. The molecule has 12 heteroatoms. The van der Waals surface area contributed by atoms with Crippen LogP contribution in [0.5, 0.6) is 17.2 Å². The van der Waals surface area contributed by atoms with E-state index in [0.717, 1.165) is 12.1 Å². The number of nitro groups is 2. The van der Waals surface area contributed by atoms with Crippen molar-refractivity contribution in [1.29, 1.82) is 0 Å². The van der Waals surface area contributed by atoms with E-state index in [1.54, 1.807) is 36.4 Å². The summed E-state index contributed by atoms with van der Waals surface area (Å²) in [6, 6.07) is 20.9. The number of ketones is 1. The predicted molar refractivity (Wildman–Crippen MR) is 152 cm³/mol. The van der Waals surface area contributed by atoms with Gasteiger partial charge in [0.2, 0.25) is 0 Å². The van der Waals surface area contributed by atoms with Crippen LogP contribution in [0.25, 0.3) is 28.4 Å². The van der Waals surface area contributed by atoms with Crippen molar-refractivity contribution in [3.8, 4) is 28.6 Å². The summed E-state index contributed by atoms with van der Waals surface area (Å²) in [6.45, 7) is 0. The number of nitrogens with zero attached hydrogens (tertiary/aromatic N) is 2. The van der Waals surface area contributed by atoms with E-state index in [0.29, 0.717) is 11.0 Å². The van der Waals surface area contributed by atoms with Crippen molar-refractivity contribution in [2.45, 2.75) is 0 Å². The zero-order chi connectivity index (χ0) is 30.4. The number of carbonyl (C=O) groups excluding carboxylic acids is 1. The molecule has 1 aromatic heterocycles. The van der Waals surface area contributed by atoms with Crippen LogP contribution in [0.1, 0.15) is 15.9 Å². The van der Waals surface area contributed by atoms with Crippen molar-refractivity contribution >= 4 is 34.2 Å². The van der Waals surface area contributed by atoms with Gasteiger partial charge in [-0.15, -0.1) is 0 Å². The number of hydrogen-bond acceptors (Lipinski definition) is 10. The fourth-order valence-electron chi connectivity index (χ4n) is 3.90. The van der Waals surface area contributed by atoms with Crippen molar-refractivity contribution < 1.29 is 34.4 Å². The molecule has 0 aliphatic carbocycles. The van der Waals surface area contributed by atoms with E-state index < -0.39 is 15.6 Å². The quantitative estimate of drug-likeness (QED) is 0.0949. The summed E-state index contributed by atoms with van der Waals surface area (Å²) < 4.78 is 5.56. The van der Waals surface area contributed by atoms with Gasteiger partial charge in [0.25, 0.3) is 11.4 Å². The summed E-state index contributed by atoms with van der Waals surface area (Å²) in [6.07, 6.45) is 2.34. The molecule has 5 aromatic rings. The third kappa shape index (κ3) is 6.46. The first-order chi connectivity index (χ1) is 20.0. The predicted octanol–water partition coefficient (Wildman–Crippen LogP) is 5.98. The molecule has 1 heterocycles. The average Bonchev–Trinajstić information content (AvgIpc) is 2.96. The first-order valence-electron chi connectivity index (χ1n) is 12.0. The topological polar surface area (TPSA) is 194 Å². The molecule has 3 N–H and O–H groups in total. The molecule has 0 amide bonds. The standard InChI is InChI=1S/C15H9NO5.C15H11NO5/c17-9-5-6-12(16(19)20)11(7-9)15-8-13(18)10-3-1-2-4-14(10)21-15;17-11-6-7-13(16(20)21)10(9-11)5-8-15(19)12-3-1-2-4-14(12)18/h1-8,17H;1-9,17-18H/b;8-5+. The van der Waals surface area contributed by atoms with Crippen molar-refractivity contribution in [2.24, 2.45) is 0 Å². The fraction of sp³-hybridized carbons (Fsp3) is 0. The normalized spacial score (nSPS) is 10.7. The average molecular weight is 568 g/mol. The SMILES string of the molecule is O=C(/C=C/c1cc(O)ccc1[N+](=O)[O-])c1ccccc1O.O=c1cc(-c2cc(O)ccc2[N+](=O)[O-])oc2ccccc12. The van der Waals surface area contributed by atoms with Gasteiger partial charge < -0.3 is 19.7 Å². The molecule has 5 rings (SSSR count). The minimum atomic E-state index is -0.608. The van der Waals surface area contributed by atoms with Crippen LogP contribution in [0.15, 0.2) is 106 Å². The highest BCUT2D eigenvalue weighted by molar-refractivity contribution is 6.08. The van der Waals surface area contributed by atoms with E-state index in [1.165, 1.54) is 54.6 Å². The van der Waals surface area contributed by atoms with Gasteiger partial charge in [-0.1, -0.05) is 24.3 Å². The number of nitro benzene ring substituents is 2. The minimum absolute atomic E-state index is 0.0429. The van der Waals surface area contributed by atoms with Crippen molar-refractivity contribution in [3.63, 3.8) is 0 Å². The molecule has 0 radical (unpaired) electrons. The number of allylic oxidation sites excluding steroid dienone is 1. The molecule has 210 valence electrons. The second kappa shape index (κ2) is 12.3. The largest absolute Gasteiger partial charge is 0.508 e. The van der Waals surface area contributed by atoms with Crippen LogP contribution >= 0.6 is 0 Å². The maximum Gasteiger partial charge on any atom is 0.280 e. The van der Waals surface area contributed by atoms with Crippen LogP contribution < -0.4 is 5.43 Å². The number of hydrogen-bond donors (Lipinski definition) is 3. The van der Waals surface area contributed by atoms with Gasteiger partial charge in [-0.3, -0.25) is 29.8 Å². The van der Waals surface area contributed by atoms with Crippen LogP contribution in [0.2, 0.25) is 0 Å². The smallest absolute Gasteiger partial charge is 0.280 e. The first kappa shape index (κ1) is 28.7. The van der Waals surface area contributed by atoms with E-state index in [-0.39, 0.29) is 56.5 Å². The lowest BCUT2D eigenvalue weighted by molar-refractivity contribution is -0.385. The van der Waals surface area contributed by atoms with Gasteiger partial charge in [-0.25, -0.2) is 0 Å². The number of phenolic OH excluding ortho intramolecular Hbond substituents is 3. The summed E-state index contributed by atoms with van der Waals surface area (Å²) in [5.41, 5.74) is -0.189. The summed E-state index contributed by atoms with van der Waals surface area (Å²) in [7, 11) is 0. The second-order valence-corrected chi connectivity index (χ2v) is 8.64. The first-order valence-corrected chi connectivity index (χ1v) is 12.0. The van der Waals surface area contributed by atoms with Crippen LogP contribution in [0.3, 0.4) is 0 Å². The Morgan fingerprint density at radius 3 is 2.07 bits per heavy atom. The fourth-order valence-corrected chi connectivity index (χ4v) is 3.90. The highest BCUT2D eigenvalue weighted by Crippen LogP contribution is 2.33. The number of phenols is 3. The van der Waals surface area contributed by atoms with E-state index in [1.807, 2.05) is 0 Å². The van der Waals surface area contributed by atoms with Crippen molar-refractivity contribution in [3.05, 3.63) is 139 Å². The molecule has 0 aliphatic heterocycles. The molecule has 0 fully saturated rings. The Morgan fingerprint density at radius 2 is 1.38 bits per heavy atom. The maximum atomic E-state index is 12.0.